The van der Waals surface area contributed by atoms with E-state index in [0.29, 0.717) is 18.2 Å². The van der Waals surface area contributed by atoms with Crippen LogP contribution < -0.4 is 14.2 Å². The van der Waals surface area contributed by atoms with Crippen molar-refractivity contribution in [3.8, 4) is 17.2 Å². The van der Waals surface area contributed by atoms with Crippen molar-refractivity contribution in [2.75, 3.05) is 19.3 Å². The molecule has 0 saturated heterocycles. The minimum absolute atomic E-state index is 0.271. The molecule has 1 heterocycles. The summed E-state index contributed by atoms with van der Waals surface area (Å²) in [7, 11) is 0. The van der Waals surface area contributed by atoms with Gasteiger partial charge in [-0.05, 0) is 17.7 Å². The third-order valence-electron chi connectivity index (χ3n) is 1.98. The van der Waals surface area contributed by atoms with Gasteiger partial charge in [-0.25, -0.2) is 0 Å². The highest BCUT2D eigenvalue weighted by molar-refractivity contribution is 6.19. The second kappa shape index (κ2) is 4.45. The Kier molecular flexibility index (Phi) is 3.02. The van der Waals surface area contributed by atoms with Crippen LogP contribution in [0.3, 0.4) is 0 Å². The number of fused-ring (bicyclic) bond motifs is 1. The van der Waals surface area contributed by atoms with Gasteiger partial charge in [0.05, 0.1) is 0 Å². The first kappa shape index (κ1) is 10.2. The molecule has 0 fully saturated rings. The zero-order valence-corrected chi connectivity index (χ0v) is 8.92. The Labute approximate surface area is 93.2 Å². The summed E-state index contributed by atoms with van der Waals surface area (Å²) in [4.78, 5) is 0. The Balaban J connectivity index is 2.01. The molecular weight excluding hydrogens is 216 g/mol. The number of halogens is 1. The third kappa shape index (κ3) is 2.36. The number of rotatable bonds is 4. The molecule has 1 aliphatic heterocycles. The third-order valence-corrected chi connectivity index (χ3v) is 2.35. The molecule has 0 aromatic heterocycles. The van der Waals surface area contributed by atoms with Gasteiger partial charge in [0.25, 0.3) is 0 Å². The van der Waals surface area contributed by atoms with Crippen LogP contribution in [0, 0.1) is 0 Å². The SMILES string of the molecule is C=C(CCl)COc1ccc2c(c1)OCO2. The Bertz CT molecular complexity index is 376. The summed E-state index contributed by atoms with van der Waals surface area (Å²) < 4.78 is 15.9. The zero-order chi connectivity index (χ0) is 10.7. The van der Waals surface area contributed by atoms with Gasteiger partial charge in [-0.1, -0.05) is 6.58 Å². The lowest BCUT2D eigenvalue weighted by Gasteiger charge is -2.06. The molecule has 15 heavy (non-hydrogen) atoms. The Morgan fingerprint density at radius 1 is 1.40 bits per heavy atom. The Hall–Kier alpha value is -1.35. The molecule has 0 unspecified atom stereocenters. The summed E-state index contributed by atoms with van der Waals surface area (Å²) in [5.74, 6) is 2.60. The molecule has 1 aromatic carbocycles. The van der Waals surface area contributed by atoms with Gasteiger partial charge in [0.2, 0.25) is 6.79 Å². The molecule has 1 aromatic rings. The van der Waals surface area contributed by atoms with Crippen molar-refractivity contribution >= 4 is 11.6 Å². The van der Waals surface area contributed by atoms with E-state index >= 15 is 0 Å². The summed E-state index contributed by atoms with van der Waals surface area (Å²) in [6.07, 6.45) is 0. The highest BCUT2D eigenvalue weighted by atomic mass is 35.5. The summed E-state index contributed by atoms with van der Waals surface area (Å²) in [5.41, 5.74) is 0.842. The van der Waals surface area contributed by atoms with Gasteiger partial charge in [-0.2, -0.15) is 0 Å². The minimum atomic E-state index is 0.271. The van der Waals surface area contributed by atoms with Gasteiger partial charge >= 0.3 is 0 Å². The van der Waals surface area contributed by atoms with Crippen LogP contribution in [0.1, 0.15) is 0 Å². The summed E-state index contributed by atoms with van der Waals surface area (Å²) in [6, 6.07) is 5.44. The molecule has 0 N–H and O–H groups in total. The molecule has 0 aliphatic carbocycles. The van der Waals surface area contributed by atoms with E-state index in [1.807, 2.05) is 12.1 Å². The number of hydrogen-bond donors (Lipinski definition) is 0. The van der Waals surface area contributed by atoms with Gasteiger partial charge in [-0.3, -0.25) is 0 Å². The van der Waals surface area contributed by atoms with Crippen LogP contribution in [0.5, 0.6) is 17.2 Å². The van der Waals surface area contributed by atoms with Crippen molar-refractivity contribution in [1.82, 2.24) is 0 Å². The molecule has 4 heteroatoms. The van der Waals surface area contributed by atoms with Crippen molar-refractivity contribution in [1.29, 1.82) is 0 Å². The monoisotopic (exact) mass is 226 g/mol. The normalized spacial score (nSPS) is 12.6. The molecule has 0 spiro atoms. The number of alkyl halides is 1. The van der Waals surface area contributed by atoms with Crippen molar-refractivity contribution in [2.45, 2.75) is 0 Å². The first-order valence-electron chi connectivity index (χ1n) is 4.54. The first-order chi connectivity index (χ1) is 7.29. The van der Waals surface area contributed by atoms with E-state index in [-0.39, 0.29) is 6.79 Å². The molecule has 0 atom stereocenters. The summed E-state index contributed by atoms with van der Waals surface area (Å²) >= 11 is 5.59. The number of ether oxygens (including phenoxy) is 3. The molecule has 0 amide bonds. The first-order valence-corrected chi connectivity index (χ1v) is 5.08. The number of hydrogen-bond acceptors (Lipinski definition) is 3. The molecule has 0 bridgehead atoms. The van der Waals surface area contributed by atoms with Gasteiger partial charge in [0.15, 0.2) is 11.5 Å². The van der Waals surface area contributed by atoms with Gasteiger partial charge < -0.3 is 14.2 Å². The van der Waals surface area contributed by atoms with E-state index < -0.39 is 0 Å². The van der Waals surface area contributed by atoms with E-state index in [1.165, 1.54) is 0 Å². The minimum Gasteiger partial charge on any atom is -0.489 e. The van der Waals surface area contributed by atoms with E-state index in [4.69, 9.17) is 25.8 Å². The molecule has 1 aliphatic rings. The van der Waals surface area contributed by atoms with Crippen LogP contribution >= 0.6 is 11.6 Å². The standard InChI is InChI=1S/C11H11ClO3/c1-8(5-12)6-13-9-2-3-10-11(4-9)15-7-14-10/h2-4H,1,5-7H2. The fourth-order valence-corrected chi connectivity index (χ4v) is 1.27. The smallest absolute Gasteiger partial charge is 0.231 e. The zero-order valence-electron chi connectivity index (χ0n) is 8.16. The molecule has 0 saturated carbocycles. The van der Waals surface area contributed by atoms with Crippen LogP contribution in [0.15, 0.2) is 30.4 Å². The van der Waals surface area contributed by atoms with E-state index in [9.17, 15) is 0 Å². The molecule has 0 radical (unpaired) electrons. The summed E-state index contributed by atoms with van der Waals surface area (Å²) in [5, 5.41) is 0. The summed E-state index contributed by atoms with van der Waals surface area (Å²) in [6.45, 7) is 4.44. The van der Waals surface area contributed by atoms with Crippen LogP contribution in [0.2, 0.25) is 0 Å². The van der Waals surface area contributed by atoms with Crippen LogP contribution in [0.25, 0.3) is 0 Å². The average Bonchev–Trinajstić information content (AvgIpc) is 2.72. The van der Waals surface area contributed by atoms with Crippen LogP contribution in [-0.4, -0.2) is 19.3 Å². The fourth-order valence-electron chi connectivity index (χ4n) is 1.19. The molecule has 2 rings (SSSR count). The van der Waals surface area contributed by atoms with Crippen molar-refractivity contribution in [3.63, 3.8) is 0 Å². The van der Waals surface area contributed by atoms with Gasteiger partial charge in [0, 0.05) is 11.9 Å². The molecule has 80 valence electrons. The Morgan fingerprint density at radius 2 is 2.20 bits per heavy atom. The topological polar surface area (TPSA) is 27.7 Å². The van der Waals surface area contributed by atoms with Crippen molar-refractivity contribution in [3.05, 3.63) is 30.4 Å². The van der Waals surface area contributed by atoms with Gasteiger partial charge in [0.1, 0.15) is 12.4 Å². The van der Waals surface area contributed by atoms with Gasteiger partial charge in [-0.15, -0.1) is 11.6 Å². The predicted octanol–water partition coefficient (Wildman–Crippen LogP) is 2.59. The van der Waals surface area contributed by atoms with E-state index in [1.54, 1.807) is 6.07 Å². The maximum absolute atomic E-state index is 5.59. The fraction of sp³-hybridized carbons (Fsp3) is 0.273. The van der Waals surface area contributed by atoms with Crippen LogP contribution in [-0.2, 0) is 0 Å². The maximum atomic E-state index is 5.59. The second-order valence-corrected chi connectivity index (χ2v) is 3.45. The van der Waals surface area contributed by atoms with Crippen LogP contribution in [0.4, 0.5) is 0 Å². The van der Waals surface area contributed by atoms with E-state index in [0.717, 1.165) is 17.1 Å². The highest BCUT2D eigenvalue weighted by Crippen LogP contribution is 2.35. The lowest BCUT2D eigenvalue weighted by Crippen LogP contribution is -2.00. The quantitative estimate of drug-likeness (QED) is 0.584. The number of benzene rings is 1. The van der Waals surface area contributed by atoms with Crippen molar-refractivity contribution < 1.29 is 14.2 Å². The lowest BCUT2D eigenvalue weighted by atomic mass is 10.3. The molecular formula is C11H11ClO3. The highest BCUT2D eigenvalue weighted by Gasteiger charge is 2.13. The maximum Gasteiger partial charge on any atom is 0.231 e. The Morgan fingerprint density at radius 3 is 3.00 bits per heavy atom. The molecule has 3 nitrogen and oxygen atoms in total. The van der Waals surface area contributed by atoms with E-state index in [2.05, 4.69) is 6.58 Å². The lowest BCUT2D eigenvalue weighted by molar-refractivity contribution is 0.174. The van der Waals surface area contributed by atoms with Crippen molar-refractivity contribution in [2.24, 2.45) is 0 Å². The largest absolute Gasteiger partial charge is 0.489 e. The average molecular weight is 227 g/mol. The second-order valence-electron chi connectivity index (χ2n) is 3.19. The predicted molar refractivity (Wildman–Crippen MR) is 57.9 cm³/mol.